The van der Waals surface area contributed by atoms with Crippen molar-refractivity contribution in [2.75, 3.05) is 24.5 Å². The molecule has 4 rings (SSSR count). The molecule has 2 aliphatic heterocycles. The molecule has 6 nitrogen and oxygen atoms in total. The number of rotatable bonds is 4. The van der Waals surface area contributed by atoms with E-state index in [1.54, 1.807) is 17.0 Å². The molecule has 2 amide bonds. The maximum atomic E-state index is 13.8. The zero-order chi connectivity index (χ0) is 21.0. The first-order chi connectivity index (χ1) is 13.7. The van der Waals surface area contributed by atoms with Gasteiger partial charge in [0, 0.05) is 25.7 Å². The number of urea groups is 1. The number of aromatic nitrogens is 1. The van der Waals surface area contributed by atoms with Gasteiger partial charge in [-0.25, -0.2) is 9.78 Å². The monoisotopic (exact) mass is 474 g/mol. The molecule has 2 saturated heterocycles. The molecule has 158 valence electrons. The molecule has 1 saturated carbocycles. The molecule has 0 unspecified atom stereocenters. The number of carbonyl (C=O) groups excluding carboxylic acids is 2. The van der Waals surface area contributed by atoms with E-state index >= 15 is 0 Å². The van der Waals surface area contributed by atoms with Gasteiger partial charge in [0.15, 0.2) is 6.29 Å². The first-order valence-electron chi connectivity index (χ1n) is 9.75. The van der Waals surface area contributed by atoms with Gasteiger partial charge < -0.3 is 14.7 Å². The van der Waals surface area contributed by atoms with Crippen molar-refractivity contribution in [3.8, 4) is 0 Å². The average molecular weight is 475 g/mol. The third-order valence-corrected chi connectivity index (χ3v) is 6.99. The van der Waals surface area contributed by atoms with Crippen LogP contribution in [0.2, 0.25) is 0 Å². The number of pyridine rings is 1. The second kappa shape index (κ2) is 7.14. The van der Waals surface area contributed by atoms with E-state index in [-0.39, 0.29) is 37.2 Å². The van der Waals surface area contributed by atoms with Crippen molar-refractivity contribution in [1.29, 1.82) is 0 Å². The number of fused-ring (bicyclic) bond motifs is 1. The highest BCUT2D eigenvalue weighted by molar-refractivity contribution is 9.10. The Bertz CT molecular complexity index is 830. The third kappa shape index (κ3) is 3.10. The van der Waals surface area contributed by atoms with Crippen molar-refractivity contribution in [1.82, 2.24) is 14.8 Å². The second-order valence-electron chi connectivity index (χ2n) is 7.95. The Kier molecular flexibility index (Phi) is 5.03. The summed E-state index contributed by atoms with van der Waals surface area (Å²) in [4.78, 5) is 33.4. The van der Waals surface area contributed by atoms with Crippen molar-refractivity contribution in [3.63, 3.8) is 0 Å². The average Bonchev–Trinajstić information content (AvgIpc) is 2.94. The van der Waals surface area contributed by atoms with Crippen LogP contribution in [0.25, 0.3) is 0 Å². The summed E-state index contributed by atoms with van der Waals surface area (Å²) in [7, 11) is 0. The van der Waals surface area contributed by atoms with Crippen LogP contribution in [0.5, 0.6) is 0 Å². The number of hydrogen-bond donors (Lipinski definition) is 0. The summed E-state index contributed by atoms with van der Waals surface area (Å²) in [6.45, 7) is 2.72. The summed E-state index contributed by atoms with van der Waals surface area (Å²) in [5.41, 5.74) is -1.10. The van der Waals surface area contributed by atoms with Gasteiger partial charge in [-0.05, 0) is 53.7 Å². The van der Waals surface area contributed by atoms with E-state index in [4.69, 9.17) is 0 Å². The predicted molar refractivity (Wildman–Crippen MR) is 104 cm³/mol. The molecule has 1 aromatic heterocycles. The van der Waals surface area contributed by atoms with Crippen LogP contribution >= 0.6 is 15.9 Å². The minimum atomic E-state index is -4.43. The zero-order valence-electron chi connectivity index (χ0n) is 16.0. The lowest BCUT2D eigenvalue weighted by Crippen LogP contribution is -2.64. The lowest BCUT2D eigenvalue weighted by atomic mass is 9.74. The minimum Gasteiger partial charge on any atom is -0.363 e. The Hall–Kier alpha value is -1.84. The highest BCUT2D eigenvalue weighted by Crippen LogP contribution is 2.51. The summed E-state index contributed by atoms with van der Waals surface area (Å²) < 4.78 is 42.0. The number of anilines is 1. The zero-order valence-corrected chi connectivity index (χ0v) is 17.5. The number of carbonyl (C=O) groups is 2. The number of aldehydes is 1. The van der Waals surface area contributed by atoms with E-state index < -0.39 is 17.7 Å². The lowest BCUT2D eigenvalue weighted by Gasteiger charge is -2.48. The van der Waals surface area contributed by atoms with Crippen LogP contribution in [0, 0.1) is 0 Å². The van der Waals surface area contributed by atoms with Gasteiger partial charge in [0.05, 0.1) is 11.7 Å². The van der Waals surface area contributed by atoms with Crippen molar-refractivity contribution in [2.24, 2.45) is 0 Å². The quantitative estimate of drug-likeness (QED) is 0.491. The normalized spacial score (nSPS) is 26.4. The van der Waals surface area contributed by atoms with E-state index in [0.29, 0.717) is 42.5 Å². The van der Waals surface area contributed by atoms with Crippen molar-refractivity contribution < 1.29 is 22.8 Å². The highest BCUT2D eigenvalue weighted by Gasteiger charge is 2.65. The van der Waals surface area contributed by atoms with E-state index in [0.717, 1.165) is 4.90 Å². The highest BCUT2D eigenvalue weighted by atomic mass is 79.9. The standard InChI is InChI=1S/C19H22BrF3N4O2/c1-2-12-8-26-13(9-25(12)15-4-5-16(20)24-14(15)11-28)10-27(17(26)29)18(6-3-7-18)19(21,22)23/h4-5,11-13H,2-3,6-10H2,1H3/t12-,13+/m1/s1. The van der Waals surface area contributed by atoms with Crippen molar-refractivity contribution >= 4 is 33.9 Å². The molecule has 3 aliphatic rings. The van der Waals surface area contributed by atoms with Crippen LogP contribution < -0.4 is 4.90 Å². The first-order valence-corrected chi connectivity index (χ1v) is 10.5. The summed E-state index contributed by atoms with van der Waals surface area (Å²) in [6, 6.07) is 2.56. The van der Waals surface area contributed by atoms with Gasteiger partial charge in [0.2, 0.25) is 0 Å². The van der Waals surface area contributed by atoms with E-state index in [1.165, 1.54) is 0 Å². The fourth-order valence-electron chi connectivity index (χ4n) is 4.78. The fraction of sp³-hybridized carbons (Fsp3) is 0.632. The molecule has 0 N–H and O–H groups in total. The maximum absolute atomic E-state index is 13.8. The molecule has 3 heterocycles. The molecule has 1 aromatic rings. The SMILES string of the molecule is CC[C@@H]1CN2C(=O)N(C3(C(F)(F)F)CCC3)C[C@@H]2CN1c1ccc(Br)nc1C=O. The largest absolute Gasteiger partial charge is 0.411 e. The van der Waals surface area contributed by atoms with Crippen LogP contribution in [-0.4, -0.2) is 70.5 Å². The summed E-state index contributed by atoms with van der Waals surface area (Å²) in [5, 5.41) is 0. The van der Waals surface area contributed by atoms with Crippen LogP contribution in [0.1, 0.15) is 43.1 Å². The number of nitrogens with zero attached hydrogens (tertiary/aromatic N) is 4. The molecule has 3 fully saturated rings. The maximum Gasteiger partial charge on any atom is 0.411 e. The Morgan fingerprint density at radius 1 is 1.24 bits per heavy atom. The fourth-order valence-corrected chi connectivity index (χ4v) is 5.10. The second-order valence-corrected chi connectivity index (χ2v) is 8.77. The molecule has 0 bridgehead atoms. The van der Waals surface area contributed by atoms with Gasteiger partial charge in [-0.15, -0.1) is 0 Å². The summed E-state index contributed by atoms with van der Waals surface area (Å²) in [6.07, 6.45) is -2.65. The van der Waals surface area contributed by atoms with Gasteiger partial charge >= 0.3 is 12.2 Å². The van der Waals surface area contributed by atoms with Gasteiger partial charge in [-0.3, -0.25) is 4.79 Å². The molecular weight excluding hydrogens is 453 g/mol. The van der Waals surface area contributed by atoms with E-state index in [9.17, 15) is 22.8 Å². The lowest BCUT2D eigenvalue weighted by molar-refractivity contribution is -0.245. The van der Waals surface area contributed by atoms with E-state index in [2.05, 4.69) is 20.9 Å². The molecular formula is C19H22BrF3N4O2. The number of hydrogen-bond acceptors (Lipinski definition) is 4. The predicted octanol–water partition coefficient (Wildman–Crippen LogP) is 3.85. The molecule has 0 radical (unpaired) electrons. The van der Waals surface area contributed by atoms with Gasteiger partial charge in [-0.2, -0.15) is 13.2 Å². The third-order valence-electron chi connectivity index (χ3n) is 6.55. The molecule has 0 spiro atoms. The Labute approximate surface area is 175 Å². The van der Waals surface area contributed by atoms with Crippen LogP contribution in [0.3, 0.4) is 0 Å². The Morgan fingerprint density at radius 2 is 1.97 bits per heavy atom. The summed E-state index contributed by atoms with van der Waals surface area (Å²) in [5.74, 6) is 0. The number of amides is 2. The van der Waals surface area contributed by atoms with Gasteiger partial charge in [0.1, 0.15) is 15.8 Å². The molecule has 1 aliphatic carbocycles. The Balaban J connectivity index is 1.64. The van der Waals surface area contributed by atoms with Crippen molar-refractivity contribution in [2.45, 2.75) is 56.4 Å². The van der Waals surface area contributed by atoms with Gasteiger partial charge in [0.25, 0.3) is 0 Å². The number of piperazine rings is 1. The summed E-state index contributed by atoms with van der Waals surface area (Å²) >= 11 is 3.25. The first kappa shape index (κ1) is 20.4. The van der Waals surface area contributed by atoms with E-state index in [1.807, 2.05) is 11.8 Å². The molecule has 2 atom stereocenters. The number of alkyl halides is 3. The van der Waals surface area contributed by atoms with Crippen LogP contribution in [-0.2, 0) is 0 Å². The minimum absolute atomic E-state index is 0.0321. The smallest absolute Gasteiger partial charge is 0.363 e. The molecule has 0 aromatic carbocycles. The topological polar surface area (TPSA) is 56.8 Å². The molecule has 29 heavy (non-hydrogen) atoms. The van der Waals surface area contributed by atoms with Crippen LogP contribution in [0.15, 0.2) is 16.7 Å². The molecule has 10 heteroatoms. The number of halogens is 4. The van der Waals surface area contributed by atoms with Crippen molar-refractivity contribution in [3.05, 3.63) is 22.4 Å². The van der Waals surface area contributed by atoms with Crippen LogP contribution in [0.4, 0.5) is 23.7 Å². The Morgan fingerprint density at radius 3 is 2.52 bits per heavy atom. The van der Waals surface area contributed by atoms with Gasteiger partial charge in [-0.1, -0.05) is 6.92 Å².